The maximum atomic E-state index is 12.8. The van der Waals surface area contributed by atoms with Gasteiger partial charge in [-0.05, 0) is 31.0 Å². The Labute approximate surface area is 119 Å². The standard InChI is InChI=1S/C17H19NO2/c19-17(14-11-12-20-13-14)18(15-7-3-1-4-8-15)16-9-5-2-6-10-16/h1,3-4,7-8,11-13,16H,2,5-6,9-10H2. The molecule has 104 valence electrons. The Balaban J connectivity index is 1.92. The monoisotopic (exact) mass is 269 g/mol. The van der Waals surface area contributed by atoms with Gasteiger partial charge in [0.05, 0.1) is 11.8 Å². The van der Waals surface area contributed by atoms with Crippen molar-refractivity contribution >= 4 is 11.6 Å². The average molecular weight is 269 g/mol. The average Bonchev–Trinajstić information content (AvgIpc) is 3.04. The third-order valence-electron chi connectivity index (χ3n) is 3.96. The first kappa shape index (κ1) is 13.0. The molecular formula is C17H19NO2. The summed E-state index contributed by atoms with van der Waals surface area (Å²) >= 11 is 0. The Morgan fingerprint density at radius 2 is 1.80 bits per heavy atom. The van der Waals surface area contributed by atoms with Gasteiger partial charge in [0.15, 0.2) is 0 Å². The molecule has 1 heterocycles. The van der Waals surface area contributed by atoms with E-state index < -0.39 is 0 Å². The van der Waals surface area contributed by atoms with E-state index in [0.717, 1.165) is 18.5 Å². The summed E-state index contributed by atoms with van der Waals surface area (Å²) in [6.07, 6.45) is 8.92. The maximum Gasteiger partial charge on any atom is 0.261 e. The van der Waals surface area contributed by atoms with Gasteiger partial charge in [-0.3, -0.25) is 4.79 Å². The lowest BCUT2D eigenvalue weighted by Gasteiger charge is -2.34. The zero-order valence-corrected chi connectivity index (χ0v) is 11.5. The number of para-hydroxylation sites is 1. The smallest absolute Gasteiger partial charge is 0.261 e. The normalized spacial score (nSPS) is 16.0. The van der Waals surface area contributed by atoms with Crippen molar-refractivity contribution in [3.8, 4) is 0 Å². The quantitative estimate of drug-likeness (QED) is 0.834. The van der Waals surface area contributed by atoms with E-state index in [2.05, 4.69) is 0 Å². The van der Waals surface area contributed by atoms with Gasteiger partial charge in [0.25, 0.3) is 5.91 Å². The second kappa shape index (κ2) is 5.95. The minimum Gasteiger partial charge on any atom is -0.472 e. The molecule has 0 N–H and O–H groups in total. The predicted molar refractivity (Wildman–Crippen MR) is 78.8 cm³/mol. The molecule has 20 heavy (non-hydrogen) atoms. The van der Waals surface area contributed by atoms with Gasteiger partial charge in [0, 0.05) is 11.7 Å². The number of furan rings is 1. The van der Waals surface area contributed by atoms with Gasteiger partial charge in [-0.2, -0.15) is 0 Å². The van der Waals surface area contributed by atoms with Crippen molar-refractivity contribution in [3.63, 3.8) is 0 Å². The van der Waals surface area contributed by atoms with Crippen molar-refractivity contribution in [1.29, 1.82) is 0 Å². The lowest BCUT2D eigenvalue weighted by Crippen LogP contribution is -2.41. The number of amides is 1. The third-order valence-corrected chi connectivity index (χ3v) is 3.96. The Hall–Kier alpha value is -2.03. The molecule has 1 aliphatic rings. The van der Waals surface area contributed by atoms with Gasteiger partial charge in [-0.25, -0.2) is 0 Å². The van der Waals surface area contributed by atoms with Gasteiger partial charge in [-0.15, -0.1) is 0 Å². The zero-order valence-electron chi connectivity index (χ0n) is 11.5. The Morgan fingerprint density at radius 3 is 2.45 bits per heavy atom. The predicted octanol–water partition coefficient (Wildman–Crippen LogP) is 4.26. The number of benzene rings is 1. The van der Waals surface area contributed by atoms with Crippen LogP contribution < -0.4 is 4.90 Å². The molecule has 1 fully saturated rings. The molecule has 0 radical (unpaired) electrons. The van der Waals surface area contributed by atoms with Gasteiger partial charge in [-0.1, -0.05) is 37.5 Å². The molecule has 3 heteroatoms. The fourth-order valence-corrected chi connectivity index (χ4v) is 2.95. The highest BCUT2D eigenvalue weighted by Gasteiger charge is 2.27. The minimum atomic E-state index is 0.0388. The number of hydrogen-bond acceptors (Lipinski definition) is 2. The second-order valence-electron chi connectivity index (χ2n) is 5.31. The number of rotatable bonds is 3. The molecule has 2 aromatic rings. The van der Waals surface area contributed by atoms with Gasteiger partial charge >= 0.3 is 0 Å². The molecule has 3 rings (SSSR count). The molecule has 0 saturated heterocycles. The van der Waals surface area contributed by atoms with E-state index in [1.54, 1.807) is 12.3 Å². The SMILES string of the molecule is O=C(c1ccoc1)N(c1ccccc1)C1CCCCC1. The van der Waals surface area contributed by atoms with Crippen LogP contribution in [0.25, 0.3) is 0 Å². The van der Waals surface area contributed by atoms with Crippen molar-refractivity contribution in [2.45, 2.75) is 38.1 Å². The van der Waals surface area contributed by atoms with Crippen LogP contribution in [0.4, 0.5) is 5.69 Å². The van der Waals surface area contributed by atoms with Crippen molar-refractivity contribution in [3.05, 3.63) is 54.5 Å². The van der Waals surface area contributed by atoms with E-state index in [1.807, 2.05) is 35.2 Å². The highest BCUT2D eigenvalue weighted by molar-refractivity contribution is 6.06. The summed E-state index contributed by atoms with van der Waals surface area (Å²) in [5.41, 5.74) is 1.60. The molecular weight excluding hydrogens is 250 g/mol. The van der Waals surface area contributed by atoms with E-state index in [1.165, 1.54) is 25.5 Å². The van der Waals surface area contributed by atoms with E-state index >= 15 is 0 Å². The first-order chi connectivity index (χ1) is 9.86. The van der Waals surface area contributed by atoms with Gasteiger partial charge in [0.2, 0.25) is 0 Å². The van der Waals surface area contributed by atoms with Crippen LogP contribution in [0.1, 0.15) is 42.5 Å². The molecule has 1 saturated carbocycles. The summed E-state index contributed by atoms with van der Waals surface area (Å²) in [5, 5.41) is 0. The van der Waals surface area contributed by atoms with Crippen LogP contribution in [0.15, 0.2) is 53.3 Å². The van der Waals surface area contributed by atoms with Gasteiger partial charge in [0.1, 0.15) is 6.26 Å². The number of hydrogen-bond donors (Lipinski definition) is 0. The lowest BCUT2D eigenvalue weighted by atomic mass is 9.93. The van der Waals surface area contributed by atoms with E-state index in [9.17, 15) is 4.79 Å². The minimum absolute atomic E-state index is 0.0388. The first-order valence-electron chi connectivity index (χ1n) is 7.27. The molecule has 0 spiro atoms. The second-order valence-corrected chi connectivity index (χ2v) is 5.31. The van der Waals surface area contributed by atoms with Crippen molar-refractivity contribution in [1.82, 2.24) is 0 Å². The molecule has 3 nitrogen and oxygen atoms in total. The first-order valence-corrected chi connectivity index (χ1v) is 7.27. The molecule has 1 aromatic heterocycles. The number of nitrogens with zero attached hydrogens (tertiary/aromatic N) is 1. The fourth-order valence-electron chi connectivity index (χ4n) is 2.95. The number of carbonyl (C=O) groups is 1. The highest BCUT2D eigenvalue weighted by atomic mass is 16.3. The summed E-state index contributed by atoms with van der Waals surface area (Å²) in [4.78, 5) is 14.7. The summed E-state index contributed by atoms with van der Waals surface area (Å²) < 4.78 is 5.06. The molecule has 1 aliphatic carbocycles. The van der Waals surface area contributed by atoms with Crippen LogP contribution >= 0.6 is 0 Å². The molecule has 1 aromatic carbocycles. The summed E-state index contributed by atoms with van der Waals surface area (Å²) in [6, 6.07) is 12.0. The van der Waals surface area contributed by atoms with Crippen molar-refractivity contribution in [2.75, 3.05) is 4.90 Å². The Morgan fingerprint density at radius 1 is 1.05 bits per heavy atom. The van der Waals surface area contributed by atoms with Crippen molar-refractivity contribution < 1.29 is 9.21 Å². The fraction of sp³-hybridized carbons (Fsp3) is 0.353. The van der Waals surface area contributed by atoms with Crippen molar-refractivity contribution in [2.24, 2.45) is 0 Å². The molecule has 0 unspecified atom stereocenters. The number of carbonyl (C=O) groups excluding carboxylic acids is 1. The topological polar surface area (TPSA) is 33.5 Å². The van der Waals surface area contributed by atoms with E-state index in [-0.39, 0.29) is 5.91 Å². The summed E-state index contributed by atoms with van der Waals surface area (Å²) in [6.45, 7) is 0. The third kappa shape index (κ3) is 2.62. The molecule has 0 atom stereocenters. The molecule has 1 amide bonds. The highest BCUT2D eigenvalue weighted by Crippen LogP contribution is 2.28. The van der Waals surface area contributed by atoms with Crippen LogP contribution in [0.3, 0.4) is 0 Å². The molecule has 0 aliphatic heterocycles. The van der Waals surface area contributed by atoms with Crippen LogP contribution in [0, 0.1) is 0 Å². The van der Waals surface area contributed by atoms with Crippen LogP contribution in [-0.2, 0) is 0 Å². The van der Waals surface area contributed by atoms with Crippen LogP contribution in [0.5, 0.6) is 0 Å². The van der Waals surface area contributed by atoms with Gasteiger partial charge < -0.3 is 9.32 Å². The van der Waals surface area contributed by atoms with Crippen LogP contribution in [-0.4, -0.2) is 11.9 Å². The Kier molecular flexibility index (Phi) is 3.86. The lowest BCUT2D eigenvalue weighted by molar-refractivity contribution is 0.0970. The van der Waals surface area contributed by atoms with E-state index in [0.29, 0.717) is 11.6 Å². The maximum absolute atomic E-state index is 12.8. The number of anilines is 1. The largest absolute Gasteiger partial charge is 0.472 e. The Bertz CT molecular complexity index is 542. The summed E-state index contributed by atoms with van der Waals surface area (Å²) in [5.74, 6) is 0.0388. The van der Waals surface area contributed by atoms with Crippen LogP contribution in [0.2, 0.25) is 0 Å². The molecule has 0 bridgehead atoms. The summed E-state index contributed by atoms with van der Waals surface area (Å²) in [7, 11) is 0. The van der Waals surface area contributed by atoms with E-state index in [4.69, 9.17) is 4.42 Å². The zero-order chi connectivity index (χ0) is 13.8.